The molecular formula is C15H18N4OS. The lowest BCUT2D eigenvalue weighted by atomic mass is 10.0. The predicted octanol–water partition coefficient (Wildman–Crippen LogP) is 2.98. The molecule has 0 bridgehead atoms. The van der Waals surface area contributed by atoms with Crippen molar-refractivity contribution in [1.29, 1.82) is 0 Å². The molecule has 2 aromatic rings. The van der Waals surface area contributed by atoms with E-state index in [1.54, 1.807) is 23.5 Å². The molecular weight excluding hydrogens is 284 g/mol. The molecule has 6 heteroatoms. The van der Waals surface area contributed by atoms with Gasteiger partial charge in [-0.15, -0.1) is 11.8 Å². The highest BCUT2D eigenvalue weighted by Gasteiger charge is 2.28. The van der Waals surface area contributed by atoms with E-state index >= 15 is 0 Å². The Balaban J connectivity index is 1.91. The largest absolute Gasteiger partial charge is 0.291 e. The van der Waals surface area contributed by atoms with Crippen LogP contribution in [0.25, 0.3) is 0 Å². The summed E-state index contributed by atoms with van der Waals surface area (Å²) in [5.74, 6) is 1.000. The molecule has 0 saturated heterocycles. The topological polar surface area (TPSA) is 59.8 Å². The average Bonchev–Trinajstić information content (AvgIpc) is 3.23. The molecule has 1 heterocycles. The minimum Gasteiger partial charge on any atom is -0.291 e. The molecule has 0 unspecified atom stereocenters. The van der Waals surface area contributed by atoms with Gasteiger partial charge in [-0.2, -0.15) is 10.1 Å². The van der Waals surface area contributed by atoms with Crippen LogP contribution in [0.3, 0.4) is 0 Å². The van der Waals surface area contributed by atoms with Crippen molar-refractivity contribution in [2.24, 2.45) is 7.05 Å². The molecule has 1 N–H and O–H groups in total. The zero-order valence-corrected chi connectivity index (χ0v) is 13.2. The number of aromatic nitrogens is 3. The normalized spacial score (nSPS) is 14.2. The minimum absolute atomic E-state index is 0.138. The average molecular weight is 302 g/mol. The molecule has 0 spiro atoms. The molecule has 0 aliphatic heterocycles. The molecule has 1 amide bonds. The van der Waals surface area contributed by atoms with Crippen LogP contribution in [-0.4, -0.2) is 26.9 Å². The van der Waals surface area contributed by atoms with E-state index in [9.17, 15) is 4.79 Å². The molecule has 110 valence electrons. The highest BCUT2D eigenvalue weighted by Crippen LogP contribution is 2.45. The second-order valence-electron chi connectivity index (χ2n) is 5.30. The summed E-state index contributed by atoms with van der Waals surface area (Å²) < 4.78 is 1.54. The third-order valence-corrected chi connectivity index (χ3v) is 4.79. The SMILES string of the molecule is CSc1c(C2CC2)ccc(C(=O)Nc2ncnn2C)c1C. The van der Waals surface area contributed by atoms with E-state index in [4.69, 9.17) is 0 Å². The number of hydrogen-bond acceptors (Lipinski definition) is 4. The van der Waals surface area contributed by atoms with Gasteiger partial charge in [0.25, 0.3) is 5.91 Å². The Hall–Kier alpha value is -1.82. The molecule has 1 aromatic carbocycles. The van der Waals surface area contributed by atoms with E-state index in [2.05, 4.69) is 27.7 Å². The number of aryl methyl sites for hydroxylation is 1. The summed E-state index contributed by atoms with van der Waals surface area (Å²) in [6.07, 6.45) is 6.01. The van der Waals surface area contributed by atoms with Crippen molar-refractivity contribution in [3.63, 3.8) is 0 Å². The smallest absolute Gasteiger partial charge is 0.258 e. The number of anilines is 1. The maximum absolute atomic E-state index is 12.4. The number of carbonyl (C=O) groups is 1. The van der Waals surface area contributed by atoms with E-state index in [0.717, 1.165) is 5.56 Å². The zero-order valence-electron chi connectivity index (χ0n) is 12.4. The number of thioether (sulfide) groups is 1. The van der Waals surface area contributed by atoms with Gasteiger partial charge in [0.05, 0.1) is 0 Å². The van der Waals surface area contributed by atoms with Gasteiger partial charge in [0.2, 0.25) is 5.95 Å². The highest BCUT2D eigenvalue weighted by atomic mass is 32.2. The Labute approximate surface area is 128 Å². The van der Waals surface area contributed by atoms with Crippen LogP contribution in [0.4, 0.5) is 5.95 Å². The zero-order chi connectivity index (χ0) is 15.0. The van der Waals surface area contributed by atoms with Gasteiger partial charge in [0.15, 0.2) is 0 Å². The van der Waals surface area contributed by atoms with Crippen LogP contribution in [0.5, 0.6) is 0 Å². The van der Waals surface area contributed by atoms with Crippen molar-refractivity contribution in [1.82, 2.24) is 14.8 Å². The highest BCUT2D eigenvalue weighted by molar-refractivity contribution is 7.98. The Kier molecular flexibility index (Phi) is 3.71. The second-order valence-corrected chi connectivity index (χ2v) is 6.11. The fraction of sp³-hybridized carbons (Fsp3) is 0.400. The third kappa shape index (κ3) is 2.68. The number of benzene rings is 1. The number of nitrogens with zero attached hydrogens (tertiary/aromatic N) is 3. The molecule has 0 radical (unpaired) electrons. The first-order valence-corrected chi connectivity index (χ1v) is 8.17. The number of amides is 1. The summed E-state index contributed by atoms with van der Waals surface area (Å²) in [7, 11) is 1.75. The van der Waals surface area contributed by atoms with Crippen LogP contribution in [-0.2, 0) is 7.05 Å². The van der Waals surface area contributed by atoms with Crippen LogP contribution >= 0.6 is 11.8 Å². The standard InChI is InChI=1S/C15H18N4OS/c1-9-11(14(20)18-15-16-8-17-19(15)2)6-7-12(10-4-5-10)13(9)21-3/h6-8,10H,4-5H2,1-3H3,(H,16,17,18,20). The summed E-state index contributed by atoms with van der Waals surface area (Å²) in [6.45, 7) is 2.02. The molecule has 21 heavy (non-hydrogen) atoms. The second kappa shape index (κ2) is 5.52. The monoisotopic (exact) mass is 302 g/mol. The molecule has 1 fully saturated rings. The van der Waals surface area contributed by atoms with E-state index in [1.165, 1.54) is 29.6 Å². The maximum Gasteiger partial charge on any atom is 0.258 e. The lowest BCUT2D eigenvalue weighted by Crippen LogP contribution is -2.17. The van der Waals surface area contributed by atoms with E-state index in [0.29, 0.717) is 17.4 Å². The van der Waals surface area contributed by atoms with Crippen LogP contribution in [0.2, 0.25) is 0 Å². The number of hydrogen-bond donors (Lipinski definition) is 1. The first kappa shape index (κ1) is 14.1. The van der Waals surface area contributed by atoms with Gasteiger partial charge in [0, 0.05) is 17.5 Å². The lowest BCUT2D eigenvalue weighted by molar-refractivity contribution is 0.102. The number of nitrogens with one attached hydrogen (secondary N) is 1. The van der Waals surface area contributed by atoms with Gasteiger partial charge < -0.3 is 0 Å². The van der Waals surface area contributed by atoms with Crippen molar-refractivity contribution >= 4 is 23.6 Å². The van der Waals surface area contributed by atoms with Crippen LogP contribution < -0.4 is 5.32 Å². The van der Waals surface area contributed by atoms with Gasteiger partial charge >= 0.3 is 0 Å². The quantitative estimate of drug-likeness (QED) is 0.882. The molecule has 5 nitrogen and oxygen atoms in total. The van der Waals surface area contributed by atoms with Crippen molar-refractivity contribution in [2.45, 2.75) is 30.6 Å². The summed E-state index contributed by atoms with van der Waals surface area (Å²) in [5, 5.41) is 6.76. The molecule has 1 saturated carbocycles. The molecule has 1 aliphatic carbocycles. The van der Waals surface area contributed by atoms with Gasteiger partial charge in [-0.25, -0.2) is 4.68 Å². The van der Waals surface area contributed by atoms with Gasteiger partial charge in [-0.1, -0.05) is 6.07 Å². The predicted molar refractivity (Wildman–Crippen MR) is 83.9 cm³/mol. The van der Waals surface area contributed by atoms with Crippen molar-refractivity contribution in [2.75, 3.05) is 11.6 Å². The Morgan fingerprint density at radius 1 is 1.43 bits per heavy atom. The summed E-state index contributed by atoms with van der Waals surface area (Å²) in [5.41, 5.74) is 3.13. The first-order chi connectivity index (χ1) is 10.1. The lowest BCUT2D eigenvalue weighted by Gasteiger charge is -2.14. The summed E-state index contributed by atoms with van der Waals surface area (Å²) in [4.78, 5) is 17.7. The van der Waals surface area contributed by atoms with Crippen LogP contribution in [0.1, 0.15) is 40.2 Å². The van der Waals surface area contributed by atoms with Gasteiger partial charge in [-0.05, 0) is 49.1 Å². The van der Waals surface area contributed by atoms with E-state index in [-0.39, 0.29) is 5.91 Å². The van der Waals surface area contributed by atoms with E-state index in [1.807, 2.05) is 13.0 Å². The summed E-state index contributed by atoms with van der Waals surface area (Å²) >= 11 is 1.72. The summed E-state index contributed by atoms with van der Waals surface area (Å²) in [6, 6.07) is 4.02. The third-order valence-electron chi connectivity index (χ3n) is 3.84. The molecule has 1 aliphatic rings. The van der Waals surface area contributed by atoms with Gasteiger partial charge in [0.1, 0.15) is 6.33 Å². The van der Waals surface area contributed by atoms with Crippen LogP contribution in [0, 0.1) is 6.92 Å². The maximum atomic E-state index is 12.4. The first-order valence-electron chi connectivity index (χ1n) is 6.94. The minimum atomic E-state index is -0.138. The molecule has 0 atom stereocenters. The van der Waals surface area contributed by atoms with Crippen molar-refractivity contribution in [3.05, 3.63) is 35.2 Å². The Bertz CT molecular complexity index is 691. The van der Waals surface area contributed by atoms with Crippen molar-refractivity contribution < 1.29 is 4.79 Å². The molecule has 1 aromatic heterocycles. The van der Waals surface area contributed by atoms with Crippen LogP contribution in [0.15, 0.2) is 23.4 Å². The van der Waals surface area contributed by atoms with Gasteiger partial charge in [-0.3, -0.25) is 10.1 Å². The Morgan fingerprint density at radius 3 is 2.76 bits per heavy atom. The number of rotatable bonds is 4. The Morgan fingerprint density at radius 2 is 2.19 bits per heavy atom. The van der Waals surface area contributed by atoms with E-state index < -0.39 is 0 Å². The number of carbonyl (C=O) groups excluding carboxylic acids is 1. The fourth-order valence-corrected chi connectivity index (χ4v) is 3.41. The van der Waals surface area contributed by atoms with Crippen molar-refractivity contribution in [3.8, 4) is 0 Å². The molecule has 3 rings (SSSR count). The fourth-order valence-electron chi connectivity index (χ4n) is 2.52.